The molecule has 2 amide bonds. The van der Waals surface area contributed by atoms with E-state index in [4.69, 9.17) is 0 Å². The summed E-state index contributed by atoms with van der Waals surface area (Å²) >= 11 is 0. The van der Waals surface area contributed by atoms with Crippen molar-refractivity contribution in [1.82, 2.24) is 15.1 Å². The van der Waals surface area contributed by atoms with Gasteiger partial charge in [0.15, 0.2) is 0 Å². The number of likely N-dealkylation sites (N-methyl/N-ethyl adjacent to an activating group) is 2. The third-order valence-corrected chi connectivity index (χ3v) is 6.27. The first kappa shape index (κ1) is 26.1. The van der Waals surface area contributed by atoms with E-state index in [0.717, 1.165) is 25.8 Å². The number of carboxylic acid groups (broad SMARTS) is 1. The van der Waals surface area contributed by atoms with Gasteiger partial charge in [-0.2, -0.15) is 0 Å². The Bertz CT molecular complexity index is 644. The summed E-state index contributed by atoms with van der Waals surface area (Å²) in [5, 5.41) is 12.2. The summed E-state index contributed by atoms with van der Waals surface area (Å²) in [6.07, 6.45) is 4.54. The van der Waals surface area contributed by atoms with Crippen molar-refractivity contribution >= 4 is 17.8 Å². The van der Waals surface area contributed by atoms with Gasteiger partial charge in [0.1, 0.15) is 6.04 Å². The molecule has 4 atom stereocenters. The maximum Gasteiger partial charge on any atom is 0.331 e. The van der Waals surface area contributed by atoms with Gasteiger partial charge in [0, 0.05) is 19.2 Å². The topological polar surface area (TPSA) is 90.0 Å². The maximum absolute atomic E-state index is 13.3. The Hall–Kier alpha value is -1.89. The number of likely N-dealkylation sites (tertiary alicyclic amines) is 1. The predicted molar refractivity (Wildman–Crippen MR) is 119 cm³/mol. The average molecular weight is 424 g/mol. The van der Waals surface area contributed by atoms with Gasteiger partial charge in [-0.3, -0.25) is 14.5 Å². The summed E-state index contributed by atoms with van der Waals surface area (Å²) in [6, 6.07) is -1.24. The van der Waals surface area contributed by atoms with E-state index in [1.807, 2.05) is 34.7 Å². The number of amides is 2. The molecule has 30 heavy (non-hydrogen) atoms. The molecule has 1 heterocycles. The van der Waals surface area contributed by atoms with Gasteiger partial charge in [-0.05, 0) is 44.6 Å². The maximum atomic E-state index is 13.3. The molecule has 0 radical (unpaired) electrons. The van der Waals surface area contributed by atoms with E-state index in [9.17, 15) is 19.5 Å². The molecule has 1 aliphatic heterocycles. The van der Waals surface area contributed by atoms with Crippen molar-refractivity contribution in [3.05, 3.63) is 11.6 Å². The van der Waals surface area contributed by atoms with Crippen LogP contribution < -0.4 is 5.32 Å². The zero-order chi connectivity index (χ0) is 23.2. The van der Waals surface area contributed by atoms with Gasteiger partial charge in [-0.15, -0.1) is 0 Å². The Balaban J connectivity index is 2.97. The number of aliphatic carboxylic acids is 1. The molecule has 0 saturated carbocycles. The van der Waals surface area contributed by atoms with Crippen LogP contribution in [0.25, 0.3) is 0 Å². The zero-order valence-electron chi connectivity index (χ0n) is 19.9. The van der Waals surface area contributed by atoms with Crippen LogP contribution in [-0.4, -0.2) is 71.5 Å². The lowest BCUT2D eigenvalue weighted by Crippen LogP contribution is -2.58. The number of nitrogens with one attached hydrogen (secondary N) is 1. The molecule has 7 heteroatoms. The van der Waals surface area contributed by atoms with Crippen LogP contribution in [0.4, 0.5) is 0 Å². The lowest BCUT2D eigenvalue weighted by atomic mass is 9.90. The minimum absolute atomic E-state index is 0.0345. The van der Waals surface area contributed by atoms with E-state index in [1.54, 1.807) is 18.0 Å². The Morgan fingerprint density at radius 1 is 1.17 bits per heavy atom. The molecule has 2 N–H and O–H groups in total. The van der Waals surface area contributed by atoms with Crippen LogP contribution in [0.5, 0.6) is 0 Å². The number of hydrogen-bond acceptors (Lipinski definition) is 4. The zero-order valence-corrected chi connectivity index (χ0v) is 19.9. The largest absolute Gasteiger partial charge is 0.478 e. The van der Waals surface area contributed by atoms with E-state index in [1.165, 1.54) is 6.92 Å². The van der Waals surface area contributed by atoms with Gasteiger partial charge in [-0.25, -0.2) is 4.79 Å². The molecular formula is C23H41N3O4. The van der Waals surface area contributed by atoms with Gasteiger partial charge in [0.05, 0.1) is 12.1 Å². The lowest BCUT2D eigenvalue weighted by molar-refractivity contribution is -0.140. The minimum Gasteiger partial charge on any atom is -0.478 e. The molecule has 1 saturated heterocycles. The van der Waals surface area contributed by atoms with Crippen molar-refractivity contribution in [3.63, 3.8) is 0 Å². The fraction of sp³-hybridized carbons (Fsp3) is 0.783. The Morgan fingerprint density at radius 3 is 2.20 bits per heavy atom. The van der Waals surface area contributed by atoms with Crippen LogP contribution in [0, 0.1) is 17.8 Å². The molecule has 7 nitrogen and oxygen atoms in total. The van der Waals surface area contributed by atoms with Crippen molar-refractivity contribution in [3.8, 4) is 0 Å². The molecule has 1 fully saturated rings. The summed E-state index contributed by atoms with van der Waals surface area (Å²) < 4.78 is 0. The predicted octanol–water partition coefficient (Wildman–Crippen LogP) is 2.76. The quantitative estimate of drug-likeness (QED) is 0.557. The number of carbonyl (C=O) groups is 3. The molecular weight excluding hydrogens is 382 g/mol. The lowest BCUT2D eigenvalue weighted by Gasteiger charge is -2.38. The molecule has 0 spiro atoms. The van der Waals surface area contributed by atoms with E-state index in [0.29, 0.717) is 5.92 Å². The van der Waals surface area contributed by atoms with Gasteiger partial charge < -0.3 is 15.3 Å². The van der Waals surface area contributed by atoms with E-state index in [-0.39, 0.29) is 41.3 Å². The highest BCUT2D eigenvalue weighted by Gasteiger charge is 2.35. The molecule has 0 aromatic carbocycles. The second-order valence-electron chi connectivity index (χ2n) is 9.38. The van der Waals surface area contributed by atoms with Crippen LogP contribution in [0.3, 0.4) is 0 Å². The van der Waals surface area contributed by atoms with Crippen LogP contribution >= 0.6 is 0 Å². The minimum atomic E-state index is -0.999. The number of carboxylic acids is 1. The number of nitrogens with zero attached hydrogens (tertiary/aromatic N) is 2. The van der Waals surface area contributed by atoms with Crippen molar-refractivity contribution in [2.45, 2.75) is 78.9 Å². The Labute approximate surface area is 181 Å². The fourth-order valence-electron chi connectivity index (χ4n) is 4.11. The standard InChI is InChI=1S/C23H41N3O4/c1-9-17-10-11-18(25(7)13-17)21(27)24-20(15(4)5)22(28)26(8)19(14(2)3)12-16(6)23(29)30/h12,14-15,17-20H,9-11,13H2,1-8H3,(H,24,27)(H,29,30)/b16-12+/t17?,18?,19-,20?/m1/s1. The molecule has 0 aromatic rings. The van der Waals surface area contributed by atoms with Crippen molar-refractivity contribution in [1.29, 1.82) is 0 Å². The monoisotopic (exact) mass is 423 g/mol. The summed E-state index contributed by atoms with van der Waals surface area (Å²) in [5.74, 6) is -0.738. The third kappa shape index (κ3) is 6.83. The van der Waals surface area contributed by atoms with Crippen LogP contribution in [-0.2, 0) is 14.4 Å². The van der Waals surface area contributed by atoms with Crippen molar-refractivity contribution in [2.24, 2.45) is 17.8 Å². The number of piperidine rings is 1. The number of rotatable bonds is 9. The highest BCUT2D eigenvalue weighted by atomic mass is 16.4. The molecule has 1 rings (SSSR count). The van der Waals surface area contributed by atoms with Gasteiger partial charge in [0.2, 0.25) is 11.8 Å². The second-order valence-corrected chi connectivity index (χ2v) is 9.38. The molecule has 0 aliphatic carbocycles. The van der Waals surface area contributed by atoms with Gasteiger partial charge in [-0.1, -0.05) is 47.1 Å². The van der Waals surface area contributed by atoms with Crippen LogP contribution in [0.1, 0.15) is 60.8 Å². The number of carbonyl (C=O) groups excluding carboxylic acids is 2. The average Bonchev–Trinajstić information content (AvgIpc) is 2.67. The van der Waals surface area contributed by atoms with E-state index in [2.05, 4.69) is 17.1 Å². The van der Waals surface area contributed by atoms with E-state index >= 15 is 0 Å². The van der Waals surface area contributed by atoms with Crippen LogP contribution in [0.15, 0.2) is 11.6 Å². The first-order chi connectivity index (χ1) is 13.9. The van der Waals surface area contributed by atoms with Crippen LogP contribution in [0.2, 0.25) is 0 Å². The second kappa shape index (κ2) is 11.5. The summed E-state index contributed by atoms with van der Waals surface area (Å²) in [4.78, 5) is 41.2. The molecule has 0 bridgehead atoms. The third-order valence-electron chi connectivity index (χ3n) is 6.27. The normalized spacial score (nSPS) is 22.7. The highest BCUT2D eigenvalue weighted by molar-refractivity contribution is 5.90. The molecule has 3 unspecified atom stereocenters. The molecule has 1 aliphatic rings. The van der Waals surface area contributed by atoms with Gasteiger partial charge >= 0.3 is 5.97 Å². The summed E-state index contributed by atoms with van der Waals surface area (Å²) in [7, 11) is 3.65. The number of hydrogen-bond donors (Lipinski definition) is 2. The Morgan fingerprint density at radius 2 is 1.77 bits per heavy atom. The van der Waals surface area contributed by atoms with Gasteiger partial charge in [0.25, 0.3) is 0 Å². The smallest absolute Gasteiger partial charge is 0.331 e. The van der Waals surface area contributed by atoms with E-state index < -0.39 is 12.0 Å². The molecule has 172 valence electrons. The molecule has 0 aromatic heterocycles. The SMILES string of the molecule is CCC1CCC(C(=O)NC(C(=O)N(C)[C@H](/C=C(\C)C(=O)O)C(C)C)C(C)C)N(C)C1. The first-order valence-electron chi connectivity index (χ1n) is 11.1. The summed E-state index contributed by atoms with van der Waals surface area (Å²) in [6.45, 7) is 12.3. The van der Waals surface area contributed by atoms with Crippen molar-refractivity contribution in [2.75, 3.05) is 20.6 Å². The van der Waals surface area contributed by atoms with Crippen molar-refractivity contribution < 1.29 is 19.5 Å². The highest BCUT2D eigenvalue weighted by Crippen LogP contribution is 2.23. The first-order valence-corrected chi connectivity index (χ1v) is 11.1. The fourth-order valence-corrected chi connectivity index (χ4v) is 4.11. The summed E-state index contributed by atoms with van der Waals surface area (Å²) in [5.41, 5.74) is 0.202. The Kier molecular flexibility index (Phi) is 10.0.